The number of hydrogen-bond acceptors (Lipinski definition) is 6. The molecule has 1 aliphatic rings. The fourth-order valence-corrected chi connectivity index (χ4v) is 2.75. The molecular weight excluding hydrogens is 417 g/mol. The van der Waals surface area contributed by atoms with Crippen LogP contribution in [0, 0.1) is 6.92 Å². The summed E-state index contributed by atoms with van der Waals surface area (Å²) in [7, 11) is 0. The van der Waals surface area contributed by atoms with E-state index < -0.39 is 11.9 Å². The maximum atomic E-state index is 12.1. The van der Waals surface area contributed by atoms with Crippen molar-refractivity contribution in [2.24, 2.45) is 0 Å². The van der Waals surface area contributed by atoms with Crippen LogP contribution in [0.15, 0.2) is 15.8 Å². The number of nitrogens with zero attached hydrogens (tertiary/aromatic N) is 2. The summed E-state index contributed by atoms with van der Waals surface area (Å²) in [6, 6.07) is 0. The van der Waals surface area contributed by atoms with Gasteiger partial charge in [-0.15, -0.1) is 0 Å². The predicted octanol–water partition coefficient (Wildman–Crippen LogP) is 1.14. The molecule has 130 valence electrons. The topological polar surface area (TPSA) is 85.8 Å². The molecule has 2 unspecified atom stereocenters. The number of H-pyrrole nitrogens is 1. The van der Waals surface area contributed by atoms with E-state index in [4.69, 9.17) is 9.62 Å². The Morgan fingerprint density at radius 2 is 2.22 bits per heavy atom. The molecule has 1 aliphatic heterocycles. The molecule has 2 heterocycles. The van der Waals surface area contributed by atoms with Gasteiger partial charge in [0.1, 0.15) is 6.61 Å². The van der Waals surface area contributed by atoms with Crippen LogP contribution in [0.5, 0.6) is 0 Å². The molecule has 0 aliphatic carbocycles. The first-order valence-corrected chi connectivity index (χ1v) is 8.53. The molecule has 23 heavy (non-hydrogen) atoms. The van der Waals surface area contributed by atoms with Crippen molar-refractivity contribution in [2.75, 3.05) is 26.2 Å². The third-order valence-electron chi connectivity index (χ3n) is 3.81. The minimum Gasteiger partial charge on any atom is -0.349 e. The Morgan fingerprint density at radius 1 is 1.43 bits per heavy atom. The number of aromatic nitrogens is 2. The molecule has 0 amide bonds. The van der Waals surface area contributed by atoms with E-state index in [0.717, 1.165) is 19.4 Å². The van der Waals surface area contributed by atoms with Crippen molar-refractivity contribution in [1.29, 1.82) is 0 Å². The number of rotatable bonds is 7. The fraction of sp³-hybridized carbons (Fsp3) is 0.714. The highest BCUT2D eigenvalue weighted by molar-refractivity contribution is 14.1. The number of morpholine rings is 1. The van der Waals surface area contributed by atoms with Crippen molar-refractivity contribution in [3.8, 4) is 0 Å². The van der Waals surface area contributed by atoms with Crippen LogP contribution in [0.2, 0.25) is 0 Å². The molecule has 1 saturated heterocycles. The van der Waals surface area contributed by atoms with Crippen LogP contribution in [0.1, 0.15) is 31.6 Å². The van der Waals surface area contributed by atoms with E-state index in [1.54, 1.807) is 36.1 Å². The van der Waals surface area contributed by atoms with E-state index >= 15 is 0 Å². The molecule has 0 aromatic carbocycles. The van der Waals surface area contributed by atoms with Gasteiger partial charge in [-0.25, -0.2) is 9.68 Å². The number of ether oxygens (including phenoxy) is 1. The first-order valence-electron chi connectivity index (χ1n) is 7.65. The van der Waals surface area contributed by atoms with E-state index in [1.807, 2.05) is 0 Å². The van der Waals surface area contributed by atoms with Gasteiger partial charge >= 0.3 is 5.69 Å². The van der Waals surface area contributed by atoms with Gasteiger partial charge in [-0.2, -0.15) is 3.22 Å². The summed E-state index contributed by atoms with van der Waals surface area (Å²) in [5.74, 6) is 0. The molecule has 0 spiro atoms. The van der Waals surface area contributed by atoms with Gasteiger partial charge in [0.25, 0.3) is 5.56 Å². The van der Waals surface area contributed by atoms with Crippen molar-refractivity contribution in [3.63, 3.8) is 0 Å². The lowest BCUT2D eigenvalue weighted by Crippen LogP contribution is -2.50. The lowest BCUT2D eigenvalue weighted by Gasteiger charge is -2.38. The molecule has 1 N–H and O–H groups in total. The third-order valence-corrected chi connectivity index (χ3v) is 4.06. The molecular formula is C14H22IN3O5. The summed E-state index contributed by atoms with van der Waals surface area (Å²) in [4.78, 5) is 33.1. The SMILES string of the molecule is CCCCN1CC(COOI)OC(n2cc(C)c(=O)[nH]c2=O)C1. The molecule has 9 heteroatoms. The largest absolute Gasteiger partial charge is 0.349 e. The average molecular weight is 439 g/mol. The van der Waals surface area contributed by atoms with Gasteiger partial charge in [0.05, 0.1) is 6.10 Å². The summed E-state index contributed by atoms with van der Waals surface area (Å²) >= 11 is 1.66. The maximum absolute atomic E-state index is 12.1. The van der Waals surface area contributed by atoms with Crippen LogP contribution in [-0.4, -0.2) is 46.8 Å². The van der Waals surface area contributed by atoms with Crippen molar-refractivity contribution >= 4 is 23.0 Å². The maximum Gasteiger partial charge on any atom is 0.330 e. The summed E-state index contributed by atoms with van der Waals surface area (Å²) < 4.78 is 12.0. The fourth-order valence-electron chi connectivity index (χ4n) is 2.60. The number of aromatic amines is 1. The quantitative estimate of drug-likeness (QED) is 0.390. The zero-order chi connectivity index (χ0) is 16.8. The zero-order valence-electron chi connectivity index (χ0n) is 13.3. The van der Waals surface area contributed by atoms with Gasteiger partial charge in [0, 0.05) is 24.8 Å². The van der Waals surface area contributed by atoms with Crippen LogP contribution in [0.4, 0.5) is 0 Å². The van der Waals surface area contributed by atoms with Gasteiger partial charge in [-0.1, -0.05) is 13.3 Å². The zero-order valence-corrected chi connectivity index (χ0v) is 15.4. The number of unbranched alkanes of at least 4 members (excludes halogenated alkanes) is 1. The second-order valence-corrected chi connectivity index (χ2v) is 6.01. The van der Waals surface area contributed by atoms with E-state index in [-0.39, 0.29) is 18.3 Å². The highest BCUT2D eigenvalue weighted by atomic mass is 127. The Kier molecular flexibility index (Phi) is 7.21. The lowest BCUT2D eigenvalue weighted by atomic mass is 10.2. The van der Waals surface area contributed by atoms with Crippen LogP contribution in [0.3, 0.4) is 0 Å². The average Bonchev–Trinajstić information content (AvgIpc) is 2.54. The Balaban J connectivity index is 2.19. The third kappa shape index (κ3) is 5.11. The number of hydrogen-bond donors (Lipinski definition) is 1. The Morgan fingerprint density at radius 3 is 2.91 bits per heavy atom. The Hall–Kier alpha value is -0.750. The van der Waals surface area contributed by atoms with Crippen LogP contribution < -0.4 is 11.2 Å². The van der Waals surface area contributed by atoms with Crippen molar-refractivity contribution < 1.29 is 12.8 Å². The highest BCUT2D eigenvalue weighted by Gasteiger charge is 2.29. The smallest absolute Gasteiger partial charge is 0.330 e. The summed E-state index contributed by atoms with van der Waals surface area (Å²) in [6.07, 6.45) is 3.04. The molecule has 2 rings (SSSR count). The molecule has 1 aromatic rings. The van der Waals surface area contributed by atoms with Gasteiger partial charge in [-0.3, -0.25) is 19.2 Å². The Labute approximate surface area is 148 Å². The van der Waals surface area contributed by atoms with Crippen molar-refractivity contribution in [3.05, 3.63) is 32.6 Å². The van der Waals surface area contributed by atoms with Gasteiger partial charge in [0.15, 0.2) is 29.2 Å². The predicted molar refractivity (Wildman–Crippen MR) is 92.4 cm³/mol. The van der Waals surface area contributed by atoms with Crippen LogP contribution in [0.25, 0.3) is 0 Å². The van der Waals surface area contributed by atoms with E-state index in [9.17, 15) is 9.59 Å². The number of nitrogens with one attached hydrogen (secondary N) is 1. The standard InChI is InChI=1S/C14H22IN3O5/c1-3-4-5-17-7-11(9-21-23-15)22-12(8-17)18-6-10(2)13(19)16-14(18)20/h6,11-12H,3-5,7-9H2,1-2H3,(H,16,19,20). The minimum absolute atomic E-state index is 0.209. The van der Waals surface area contributed by atoms with Crippen LogP contribution in [-0.2, 0) is 12.8 Å². The lowest BCUT2D eigenvalue weighted by molar-refractivity contribution is -0.221. The molecule has 0 radical (unpaired) electrons. The molecule has 1 aromatic heterocycles. The molecule has 0 saturated carbocycles. The van der Waals surface area contributed by atoms with Crippen LogP contribution >= 0.6 is 23.0 Å². The monoisotopic (exact) mass is 439 g/mol. The minimum atomic E-state index is -0.466. The normalized spacial score (nSPS) is 22.4. The molecule has 8 nitrogen and oxygen atoms in total. The summed E-state index contributed by atoms with van der Waals surface area (Å²) in [5.41, 5.74) is -0.363. The van der Waals surface area contributed by atoms with Crippen molar-refractivity contribution in [1.82, 2.24) is 14.5 Å². The van der Waals surface area contributed by atoms with Crippen molar-refractivity contribution in [2.45, 2.75) is 39.0 Å². The van der Waals surface area contributed by atoms with Gasteiger partial charge in [-0.05, 0) is 19.9 Å². The number of aryl methyl sites for hydroxylation is 1. The molecule has 0 bridgehead atoms. The first kappa shape index (κ1) is 18.6. The summed E-state index contributed by atoms with van der Waals surface area (Å²) in [6.45, 7) is 6.31. The molecule has 1 fully saturated rings. The summed E-state index contributed by atoms with van der Waals surface area (Å²) in [5, 5.41) is 0. The highest BCUT2D eigenvalue weighted by Crippen LogP contribution is 2.19. The van der Waals surface area contributed by atoms with Gasteiger partial charge < -0.3 is 4.74 Å². The number of halogens is 1. The second kappa shape index (κ2) is 8.92. The van der Waals surface area contributed by atoms with E-state index in [0.29, 0.717) is 18.7 Å². The van der Waals surface area contributed by atoms with E-state index in [2.05, 4.69) is 20.0 Å². The molecule has 2 atom stereocenters. The second-order valence-electron chi connectivity index (χ2n) is 5.65. The Bertz CT molecular complexity index is 601. The van der Waals surface area contributed by atoms with Gasteiger partial charge in [0.2, 0.25) is 0 Å². The first-order chi connectivity index (χ1) is 11.0. The van der Waals surface area contributed by atoms with E-state index in [1.165, 1.54) is 4.57 Å².